The van der Waals surface area contributed by atoms with Crippen LogP contribution in [-0.2, 0) is 42.2 Å². The van der Waals surface area contributed by atoms with E-state index in [9.17, 15) is 28.9 Å². The molecule has 0 aromatic carbocycles. The number of ether oxygens (including phenoxy) is 3. The standard InChI is InChI=1S/C66H119O11P/c1-4-7-10-13-16-19-22-25-27-29-31-33-35-38-40-43-46-49-52-55-64(68)73-59-63(77-66(70)57-54-51-48-45-42-39-36-34-32-30-28-26-23-20-17-14-11-8-5-2)61-75-78(71,72)74-60-62(58-67)76-65(69)56-53-50-47-44-41-37-24-21-18-15-12-9-6-3/h9,12,18,21,25,27,37,41,47,50,62-63,67H,4-8,10-11,13-17,19-20,22-24,26,28-36,38-40,42-46,48-49,51-61H2,1-3H3,(H,71,72)/b12-9-,21-18-,27-25-,41-37-,50-47-. The van der Waals surface area contributed by atoms with Gasteiger partial charge in [-0.15, -0.1) is 0 Å². The topological polar surface area (TPSA) is 155 Å². The highest BCUT2D eigenvalue weighted by molar-refractivity contribution is 7.47. The number of allylic oxidation sites excluding steroid dienone is 10. The fourth-order valence-corrected chi connectivity index (χ4v) is 9.86. The van der Waals surface area contributed by atoms with Gasteiger partial charge in [0.05, 0.1) is 19.8 Å². The second-order valence-electron chi connectivity index (χ2n) is 21.6. The third kappa shape index (κ3) is 57.9. The lowest BCUT2D eigenvalue weighted by atomic mass is 10.0. The number of unbranched alkanes of at least 4 members (excludes halogenated alkanes) is 33. The first-order valence-corrected chi connectivity index (χ1v) is 33.7. The van der Waals surface area contributed by atoms with Crippen LogP contribution in [0.3, 0.4) is 0 Å². The Hall–Kier alpha value is -2.82. The van der Waals surface area contributed by atoms with Gasteiger partial charge in [-0.25, -0.2) is 4.57 Å². The first-order chi connectivity index (χ1) is 38.2. The molecule has 78 heavy (non-hydrogen) atoms. The molecule has 3 atom stereocenters. The Labute approximate surface area is 478 Å². The maximum absolute atomic E-state index is 13.0. The molecule has 0 radical (unpaired) electrons. The molecule has 3 unspecified atom stereocenters. The highest BCUT2D eigenvalue weighted by Gasteiger charge is 2.28. The Morgan fingerprint density at radius 1 is 0.372 bits per heavy atom. The number of hydrogen-bond donors (Lipinski definition) is 2. The second kappa shape index (κ2) is 60.3. The average Bonchev–Trinajstić information content (AvgIpc) is 3.43. The molecule has 0 saturated carbocycles. The van der Waals surface area contributed by atoms with E-state index in [4.69, 9.17) is 23.3 Å². The molecule has 12 heteroatoms. The molecule has 0 aliphatic heterocycles. The minimum atomic E-state index is -4.77. The zero-order chi connectivity index (χ0) is 56.9. The SMILES string of the molecule is CC/C=C\C/C=C\C/C=C\C/C=C\CCC(=O)OC(CO)COP(=O)(O)OCC(COC(=O)CCCCCCCCCCC/C=C\CCCCCCCC)OC(=O)CCCCCCCCCCCCCCCCCCCCC. The van der Waals surface area contributed by atoms with Crippen LogP contribution >= 0.6 is 7.82 Å². The van der Waals surface area contributed by atoms with E-state index in [0.29, 0.717) is 19.3 Å². The van der Waals surface area contributed by atoms with E-state index in [0.717, 1.165) is 64.2 Å². The maximum atomic E-state index is 13.0. The van der Waals surface area contributed by atoms with Gasteiger partial charge >= 0.3 is 25.7 Å². The highest BCUT2D eigenvalue weighted by atomic mass is 31.2. The van der Waals surface area contributed by atoms with Crippen LogP contribution in [0, 0.1) is 0 Å². The van der Waals surface area contributed by atoms with E-state index in [1.807, 2.05) is 12.2 Å². The summed E-state index contributed by atoms with van der Waals surface area (Å²) in [6, 6.07) is 0. The Morgan fingerprint density at radius 2 is 0.692 bits per heavy atom. The van der Waals surface area contributed by atoms with Crippen molar-refractivity contribution in [2.75, 3.05) is 26.4 Å². The van der Waals surface area contributed by atoms with Gasteiger partial charge in [0.2, 0.25) is 0 Å². The zero-order valence-corrected chi connectivity index (χ0v) is 51.3. The van der Waals surface area contributed by atoms with Gasteiger partial charge in [0.15, 0.2) is 6.10 Å². The number of phosphoric acid groups is 1. The van der Waals surface area contributed by atoms with Crippen LogP contribution in [0.25, 0.3) is 0 Å². The Bertz CT molecular complexity index is 1540. The molecular weight excluding hydrogens is 1000 g/mol. The summed E-state index contributed by atoms with van der Waals surface area (Å²) in [6.45, 7) is 4.50. The van der Waals surface area contributed by atoms with E-state index < -0.39 is 57.8 Å². The van der Waals surface area contributed by atoms with Crippen molar-refractivity contribution in [3.63, 3.8) is 0 Å². The number of rotatable bonds is 60. The van der Waals surface area contributed by atoms with Crippen molar-refractivity contribution in [1.29, 1.82) is 0 Å². The molecule has 0 amide bonds. The van der Waals surface area contributed by atoms with Gasteiger partial charge in [-0.1, -0.05) is 274 Å². The van der Waals surface area contributed by atoms with Crippen LogP contribution in [0.2, 0.25) is 0 Å². The van der Waals surface area contributed by atoms with Gasteiger partial charge in [-0.2, -0.15) is 0 Å². The predicted molar refractivity (Wildman–Crippen MR) is 325 cm³/mol. The third-order valence-electron chi connectivity index (χ3n) is 13.9. The minimum Gasteiger partial charge on any atom is -0.462 e. The van der Waals surface area contributed by atoms with Crippen LogP contribution < -0.4 is 0 Å². The summed E-state index contributed by atoms with van der Waals surface area (Å²) < 4.78 is 39.6. The summed E-state index contributed by atoms with van der Waals surface area (Å²) in [7, 11) is -4.77. The number of aliphatic hydroxyl groups is 1. The summed E-state index contributed by atoms with van der Waals surface area (Å²) in [6.07, 6.45) is 67.7. The van der Waals surface area contributed by atoms with Gasteiger partial charge in [0.25, 0.3) is 0 Å². The molecule has 2 N–H and O–H groups in total. The van der Waals surface area contributed by atoms with Crippen molar-refractivity contribution in [2.24, 2.45) is 0 Å². The Kier molecular flexibility index (Phi) is 58.1. The second-order valence-corrected chi connectivity index (χ2v) is 23.0. The summed E-state index contributed by atoms with van der Waals surface area (Å²) in [5.41, 5.74) is 0. The van der Waals surface area contributed by atoms with Crippen LogP contribution in [0.1, 0.15) is 303 Å². The Balaban J connectivity index is 4.71. The van der Waals surface area contributed by atoms with E-state index >= 15 is 0 Å². The quantitative estimate of drug-likeness (QED) is 0.0197. The van der Waals surface area contributed by atoms with Gasteiger partial charge in [-0.05, 0) is 70.6 Å². The van der Waals surface area contributed by atoms with E-state index in [1.165, 1.54) is 180 Å². The van der Waals surface area contributed by atoms with Gasteiger partial charge in [0.1, 0.15) is 12.7 Å². The molecule has 0 spiro atoms. The van der Waals surface area contributed by atoms with Gasteiger partial charge in [0, 0.05) is 19.3 Å². The third-order valence-corrected chi connectivity index (χ3v) is 14.9. The fraction of sp³-hybridized carbons (Fsp3) is 0.803. The van der Waals surface area contributed by atoms with Crippen molar-refractivity contribution >= 4 is 25.7 Å². The van der Waals surface area contributed by atoms with Crippen molar-refractivity contribution < 1.29 is 52.2 Å². The molecule has 0 saturated heterocycles. The predicted octanol–water partition coefficient (Wildman–Crippen LogP) is 19.5. The minimum absolute atomic E-state index is 0.0569. The van der Waals surface area contributed by atoms with Crippen molar-refractivity contribution in [1.82, 2.24) is 0 Å². The van der Waals surface area contributed by atoms with Crippen molar-refractivity contribution in [3.8, 4) is 0 Å². The summed E-state index contributed by atoms with van der Waals surface area (Å²) in [5, 5.41) is 9.81. The molecule has 0 bridgehead atoms. The average molecular weight is 1120 g/mol. The number of phosphoric ester groups is 1. The fourth-order valence-electron chi connectivity index (χ4n) is 9.07. The number of carbonyl (C=O) groups excluding carboxylic acids is 3. The molecule has 0 aromatic heterocycles. The first-order valence-electron chi connectivity index (χ1n) is 32.2. The normalized spacial score (nSPS) is 13.7. The van der Waals surface area contributed by atoms with E-state index in [-0.39, 0.29) is 25.9 Å². The molecule has 11 nitrogen and oxygen atoms in total. The number of esters is 3. The largest absolute Gasteiger partial charge is 0.472 e. The highest BCUT2D eigenvalue weighted by Crippen LogP contribution is 2.43. The summed E-state index contributed by atoms with van der Waals surface area (Å²) >= 11 is 0. The van der Waals surface area contributed by atoms with Crippen LogP contribution in [0.4, 0.5) is 0 Å². The molecule has 0 heterocycles. The number of aliphatic hydroxyl groups excluding tert-OH is 1. The lowest BCUT2D eigenvalue weighted by Gasteiger charge is -2.21. The van der Waals surface area contributed by atoms with Crippen molar-refractivity contribution in [3.05, 3.63) is 60.8 Å². The smallest absolute Gasteiger partial charge is 0.462 e. The van der Waals surface area contributed by atoms with Crippen LogP contribution in [-0.4, -0.2) is 66.5 Å². The molecule has 0 aliphatic carbocycles. The first kappa shape index (κ1) is 75.2. The molecule has 0 rings (SSSR count). The molecule has 0 aliphatic rings. The van der Waals surface area contributed by atoms with E-state index in [1.54, 1.807) is 0 Å². The molecule has 0 fully saturated rings. The summed E-state index contributed by atoms with van der Waals surface area (Å²) in [4.78, 5) is 48.7. The summed E-state index contributed by atoms with van der Waals surface area (Å²) in [5.74, 6) is -1.53. The lowest BCUT2D eigenvalue weighted by molar-refractivity contribution is -0.161. The molecule has 0 aromatic rings. The number of hydrogen-bond acceptors (Lipinski definition) is 10. The van der Waals surface area contributed by atoms with Gasteiger partial charge < -0.3 is 24.2 Å². The van der Waals surface area contributed by atoms with Crippen LogP contribution in [0.5, 0.6) is 0 Å². The van der Waals surface area contributed by atoms with Crippen LogP contribution in [0.15, 0.2) is 60.8 Å². The zero-order valence-electron chi connectivity index (χ0n) is 50.4. The molecular formula is C66H119O11P. The van der Waals surface area contributed by atoms with E-state index in [2.05, 4.69) is 69.4 Å². The monoisotopic (exact) mass is 1120 g/mol. The van der Waals surface area contributed by atoms with Crippen molar-refractivity contribution in [2.45, 2.75) is 315 Å². The number of carbonyl (C=O) groups is 3. The molecule has 454 valence electrons. The van der Waals surface area contributed by atoms with Gasteiger partial charge in [-0.3, -0.25) is 23.4 Å². The Morgan fingerprint density at radius 3 is 1.10 bits per heavy atom. The maximum Gasteiger partial charge on any atom is 0.472 e. The lowest BCUT2D eigenvalue weighted by Crippen LogP contribution is -2.30.